The van der Waals surface area contributed by atoms with Gasteiger partial charge in [-0.2, -0.15) is 0 Å². The Hall–Kier alpha value is -1.03. The summed E-state index contributed by atoms with van der Waals surface area (Å²) in [6.07, 6.45) is 5.31. The zero-order valence-corrected chi connectivity index (χ0v) is 6.58. The van der Waals surface area contributed by atoms with Crippen LogP contribution in [-0.4, -0.2) is 11.3 Å². The van der Waals surface area contributed by atoms with Crippen LogP contribution in [0.4, 0.5) is 0 Å². The lowest BCUT2D eigenvalue weighted by molar-refractivity contribution is 1.03. The van der Waals surface area contributed by atoms with Crippen LogP contribution in [0, 0.1) is 0 Å². The van der Waals surface area contributed by atoms with Crippen molar-refractivity contribution in [2.75, 3.05) is 0 Å². The first-order valence-electron chi connectivity index (χ1n) is 3.29. The number of pyridine rings is 1. The van der Waals surface area contributed by atoms with Crippen molar-refractivity contribution in [2.24, 2.45) is 4.99 Å². The van der Waals surface area contributed by atoms with Crippen LogP contribution >= 0.6 is 11.9 Å². The predicted molar refractivity (Wildman–Crippen MR) is 46.2 cm³/mol. The Morgan fingerprint density at radius 1 is 1.55 bits per heavy atom. The number of nitrogens with zero attached hydrogens (tertiary/aromatic N) is 2. The van der Waals surface area contributed by atoms with E-state index in [1.165, 1.54) is 0 Å². The van der Waals surface area contributed by atoms with Crippen LogP contribution in [0.5, 0.6) is 0 Å². The van der Waals surface area contributed by atoms with Crippen molar-refractivity contribution in [3.05, 3.63) is 30.1 Å². The molecule has 1 aliphatic rings. The highest BCUT2D eigenvalue weighted by Gasteiger charge is 2.12. The highest BCUT2D eigenvalue weighted by atomic mass is 32.2. The fraction of sp³-hybridized carbons (Fsp3) is 0.143. The molecule has 1 N–H and O–H groups in total. The Labute approximate surface area is 69.1 Å². The summed E-state index contributed by atoms with van der Waals surface area (Å²) in [5, 5.41) is 0.184. The largest absolute Gasteiger partial charge is 0.319 e. The van der Waals surface area contributed by atoms with Gasteiger partial charge >= 0.3 is 0 Å². The van der Waals surface area contributed by atoms with Gasteiger partial charge in [-0.1, -0.05) is 6.07 Å². The van der Waals surface area contributed by atoms with Gasteiger partial charge in [0, 0.05) is 18.0 Å². The van der Waals surface area contributed by atoms with Crippen LogP contribution in [0.3, 0.4) is 0 Å². The molecule has 3 nitrogen and oxygen atoms in total. The van der Waals surface area contributed by atoms with E-state index >= 15 is 0 Å². The topological polar surface area (TPSA) is 37.3 Å². The predicted octanol–water partition coefficient (Wildman–Crippen LogP) is 1.36. The van der Waals surface area contributed by atoms with Gasteiger partial charge < -0.3 is 4.72 Å². The second-order valence-electron chi connectivity index (χ2n) is 2.15. The van der Waals surface area contributed by atoms with E-state index in [9.17, 15) is 0 Å². The van der Waals surface area contributed by atoms with Gasteiger partial charge in [0.05, 0.1) is 6.34 Å². The van der Waals surface area contributed by atoms with Gasteiger partial charge in [0.2, 0.25) is 0 Å². The van der Waals surface area contributed by atoms with E-state index in [-0.39, 0.29) is 5.37 Å². The highest BCUT2D eigenvalue weighted by Crippen LogP contribution is 2.29. The average Bonchev–Trinajstić information content (AvgIpc) is 2.58. The van der Waals surface area contributed by atoms with Crippen molar-refractivity contribution < 1.29 is 0 Å². The summed E-state index contributed by atoms with van der Waals surface area (Å²) in [5.74, 6) is 0. The molecule has 0 spiro atoms. The second kappa shape index (κ2) is 2.92. The normalized spacial score (nSPS) is 21.6. The molecular formula is C7H7N3S. The summed E-state index contributed by atoms with van der Waals surface area (Å²) in [7, 11) is 0. The number of rotatable bonds is 1. The molecule has 1 aliphatic heterocycles. The molecule has 2 rings (SSSR count). The van der Waals surface area contributed by atoms with E-state index in [1.807, 2.05) is 18.3 Å². The molecule has 4 heteroatoms. The number of nitrogens with one attached hydrogen (secondary N) is 1. The maximum Gasteiger partial charge on any atom is 0.143 e. The molecule has 0 amide bonds. The fourth-order valence-corrected chi connectivity index (χ4v) is 1.55. The van der Waals surface area contributed by atoms with Gasteiger partial charge in [0.15, 0.2) is 0 Å². The molecule has 0 fully saturated rings. The zero-order valence-electron chi connectivity index (χ0n) is 5.77. The maximum absolute atomic E-state index is 4.19. The third-order valence-corrected chi connectivity index (χ3v) is 2.27. The lowest BCUT2D eigenvalue weighted by atomic mass is 10.3. The summed E-state index contributed by atoms with van der Waals surface area (Å²) < 4.78 is 2.97. The summed E-state index contributed by atoms with van der Waals surface area (Å²) in [6, 6.07) is 3.94. The Morgan fingerprint density at radius 2 is 2.55 bits per heavy atom. The monoisotopic (exact) mass is 165 g/mol. The minimum Gasteiger partial charge on any atom is -0.319 e. The number of hydrogen-bond acceptors (Lipinski definition) is 4. The summed E-state index contributed by atoms with van der Waals surface area (Å²) in [6.45, 7) is 0. The molecule has 0 bridgehead atoms. The van der Waals surface area contributed by atoms with E-state index in [2.05, 4.69) is 14.7 Å². The molecular weight excluding hydrogens is 158 g/mol. The third kappa shape index (κ3) is 1.35. The van der Waals surface area contributed by atoms with Gasteiger partial charge in [-0.05, 0) is 18.0 Å². The quantitative estimate of drug-likeness (QED) is 0.638. The van der Waals surface area contributed by atoms with Crippen LogP contribution in [0.2, 0.25) is 0 Å². The molecule has 1 atom stereocenters. The molecule has 0 aromatic carbocycles. The molecule has 56 valence electrons. The Morgan fingerprint density at radius 3 is 3.18 bits per heavy atom. The van der Waals surface area contributed by atoms with Gasteiger partial charge in [-0.25, -0.2) is 0 Å². The molecule has 1 aromatic rings. The maximum atomic E-state index is 4.19. The minimum atomic E-state index is 0.184. The summed E-state index contributed by atoms with van der Waals surface area (Å²) in [4.78, 5) is 8.21. The van der Waals surface area contributed by atoms with Gasteiger partial charge in [0.1, 0.15) is 5.37 Å². The Bertz CT molecular complexity index is 260. The summed E-state index contributed by atoms with van der Waals surface area (Å²) >= 11 is 1.58. The second-order valence-corrected chi connectivity index (χ2v) is 3.07. The first kappa shape index (κ1) is 6.67. The lowest BCUT2D eigenvalue weighted by Gasteiger charge is -2.02. The first-order chi connectivity index (χ1) is 5.47. The van der Waals surface area contributed by atoms with E-state index < -0.39 is 0 Å². The van der Waals surface area contributed by atoms with E-state index in [0.717, 1.165) is 5.56 Å². The molecule has 11 heavy (non-hydrogen) atoms. The molecule has 0 saturated heterocycles. The number of aromatic nitrogens is 1. The lowest BCUT2D eigenvalue weighted by Crippen LogP contribution is -1.91. The van der Waals surface area contributed by atoms with Crippen molar-refractivity contribution in [2.45, 2.75) is 5.37 Å². The number of hydrogen-bond donors (Lipinski definition) is 1. The summed E-state index contributed by atoms with van der Waals surface area (Å²) in [5.41, 5.74) is 1.14. The van der Waals surface area contributed by atoms with Crippen molar-refractivity contribution >= 4 is 18.3 Å². The highest BCUT2D eigenvalue weighted by molar-refractivity contribution is 7.98. The third-order valence-electron chi connectivity index (χ3n) is 1.41. The van der Waals surface area contributed by atoms with Crippen LogP contribution in [0.1, 0.15) is 10.9 Å². The molecule has 1 aromatic heterocycles. The molecule has 2 heterocycles. The van der Waals surface area contributed by atoms with Crippen LogP contribution in [0.25, 0.3) is 0 Å². The molecule has 0 aliphatic carbocycles. The van der Waals surface area contributed by atoms with Crippen molar-refractivity contribution in [3.8, 4) is 0 Å². The Kier molecular flexibility index (Phi) is 1.77. The van der Waals surface area contributed by atoms with E-state index in [0.29, 0.717) is 0 Å². The zero-order chi connectivity index (χ0) is 7.52. The van der Waals surface area contributed by atoms with Crippen LogP contribution < -0.4 is 4.72 Å². The van der Waals surface area contributed by atoms with Crippen molar-refractivity contribution in [1.29, 1.82) is 0 Å². The van der Waals surface area contributed by atoms with Crippen molar-refractivity contribution in [3.63, 3.8) is 0 Å². The van der Waals surface area contributed by atoms with Crippen LogP contribution in [0.15, 0.2) is 29.5 Å². The number of aliphatic imine (C=N–C) groups is 1. The van der Waals surface area contributed by atoms with Gasteiger partial charge in [-0.3, -0.25) is 9.98 Å². The van der Waals surface area contributed by atoms with Crippen LogP contribution in [-0.2, 0) is 0 Å². The first-order valence-corrected chi connectivity index (χ1v) is 4.17. The molecule has 1 unspecified atom stereocenters. The Balaban J connectivity index is 2.23. The van der Waals surface area contributed by atoms with Gasteiger partial charge in [0.25, 0.3) is 0 Å². The van der Waals surface area contributed by atoms with Gasteiger partial charge in [-0.15, -0.1) is 0 Å². The minimum absolute atomic E-state index is 0.184. The average molecular weight is 165 g/mol. The molecule has 0 radical (unpaired) electrons. The standard InChI is InChI=1S/C7H7N3S/c1-2-6(4-8-3-1)7-9-5-10-11-7/h1-5,7H,(H,9,10). The van der Waals surface area contributed by atoms with Crippen molar-refractivity contribution in [1.82, 2.24) is 9.71 Å². The smallest absolute Gasteiger partial charge is 0.143 e. The fourth-order valence-electron chi connectivity index (χ4n) is 0.900. The SMILES string of the molecule is C1=NC(c2cccnc2)SN1. The van der Waals surface area contributed by atoms with E-state index in [4.69, 9.17) is 0 Å². The molecule has 0 saturated carbocycles. The van der Waals surface area contributed by atoms with E-state index in [1.54, 1.807) is 24.5 Å².